The highest BCUT2D eigenvalue weighted by Gasteiger charge is 2.20. The van der Waals surface area contributed by atoms with Gasteiger partial charge in [-0.05, 0) is 43.4 Å². The molecule has 1 aromatic heterocycles. The van der Waals surface area contributed by atoms with Gasteiger partial charge in [-0.3, -0.25) is 4.57 Å². The van der Waals surface area contributed by atoms with E-state index in [1.807, 2.05) is 16.8 Å². The minimum Gasteiger partial charge on any atom is -0.497 e. The molecule has 8 heteroatoms. The smallest absolute Gasteiger partial charge is 0.226 e. The molecule has 0 radical (unpaired) electrons. The Morgan fingerprint density at radius 1 is 1.23 bits per heavy atom. The van der Waals surface area contributed by atoms with Crippen LogP contribution in [0.15, 0.2) is 24.3 Å². The number of ether oxygens (including phenoxy) is 2. The minimum absolute atomic E-state index is 0.731. The fraction of sp³-hybridized carbons (Fsp3) is 0.556. The second-order valence-electron chi connectivity index (χ2n) is 6.57. The molecule has 0 bridgehead atoms. The molecule has 26 heavy (non-hydrogen) atoms. The molecular weight excluding hydrogens is 350 g/mol. The van der Waals surface area contributed by atoms with Crippen molar-refractivity contribution in [1.29, 1.82) is 0 Å². The fourth-order valence-corrected chi connectivity index (χ4v) is 3.53. The standard InChI is InChI=1S/C18H27N5O2S/c1-4-22-17(21-9-11-25-12-10-21)19-23(18(22)26)14-20(2)13-15-5-7-16(24-3)8-6-15/h5-8H,4,9-14H2,1-3H3/p+1. The summed E-state index contributed by atoms with van der Waals surface area (Å²) in [7, 11) is 3.84. The van der Waals surface area contributed by atoms with E-state index in [-0.39, 0.29) is 0 Å². The van der Waals surface area contributed by atoms with Gasteiger partial charge in [-0.15, -0.1) is 5.10 Å². The number of benzene rings is 1. The highest BCUT2D eigenvalue weighted by Crippen LogP contribution is 2.15. The van der Waals surface area contributed by atoms with E-state index in [0.717, 1.165) is 62.5 Å². The largest absolute Gasteiger partial charge is 0.497 e. The van der Waals surface area contributed by atoms with Crippen LogP contribution in [0.3, 0.4) is 0 Å². The zero-order valence-electron chi connectivity index (χ0n) is 15.8. The lowest BCUT2D eigenvalue weighted by atomic mass is 10.2. The first-order chi connectivity index (χ1) is 12.6. The number of hydrogen-bond acceptors (Lipinski definition) is 5. The van der Waals surface area contributed by atoms with Crippen molar-refractivity contribution in [3.05, 3.63) is 34.6 Å². The third-order valence-corrected chi connectivity index (χ3v) is 5.03. The summed E-state index contributed by atoms with van der Waals surface area (Å²) in [5.41, 5.74) is 1.26. The second kappa shape index (κ2) is 8.66. The summed E-state index contributed by atoms with van der Waals surface area (Å²) in [5, 5.41) is 4.82. The first-order valence-corrected chi connectivity index (χ1v) is 9.47. The van der Waals surface area contributed by atoms with E-state index in [0.29, 0.717) is 0 Å². The van der Waals surface area contributed by atoms with E-state index in [9.17, 15) is 0 Å². The van der Waals surface area contributed by atoms with E-state index in [1.165, 1.54) is 10.5 Å². The quantitative estimate of drug-likeness (QED) is 0.727. The number of hydrogen-bond donors (Lipinski definition) is 1. The van der Waals surface area contributed by atoms with E-state index < -0.39 is 0 Å². The first-order valence-electron chi connectivity index (χ1n) is 9.07. The Labute approximate surface area is 159 Å². The van der Waals surface area contributed by atoms with Gasteiger partial charge in [-0.2, -0.15) is 4.68 Å². The Kier molecular flexibility index (Phi) is 6.29. The van der Waals surface area contributed by atoms with E-state index in [1.54, 1.807) is 7.11 Å². The van der Waals surface area contributed by atoms with Gasteiger partial charge in [0.1, 0.15) is 12.3 Å². The summed E-state index contributed by atoms with van der Waals surface area (Å²) in [6.07, 6.45) is 0. The molecule has 1 aliphatic rings. The molecule has 2 heterocycles. The van der Waals surface area contributed by atoms with Gasteiger partial charge in [-0.1, -0.05) is 0 Å². The predicted octanol–water partition coefficient (Wildman–Crippen LogP) is 0.952. The number of aromatic nitrogens is 3. The van der Waals surface area contributed by atoms with Crippen molar-refractivity contribution in [2.75, 3.05) is 45.4 Å². The van der Waals surface area contributed by atoms with Crippen molar-refractivity contribution >= 4 is 18.2 Å². The molecule has 0 spiro atoms. The lowest BCUT2D eigenvalue weighted by molar-refractivity contribution is -0.917. The van der Waals surface area contributed by atoms with Crippen molar-refractivity contribution in [3.63, 3.8) is 0 Å². The van der Waals surface area contributed by atoms with Crippen molar-refractivity contribution in [2.24, 2.45) is 0 Å². The summed E-state index contributed by atoms with van der Waals surface area (Å²) < 4.78 is 15.5. The van der Waals surface area contributed by atoms with Gasteiger partial charge in [0.05, 0.1) is 27.4 Å². The monoisotopic (exact) mass is 378 g/mol. The van der Waals surface area contributed by atoms with Crippen LogP contribution in [-0.4, -0.2) is 54.8 Å². The summed E-state index contributed by atoms with van der Waals surface area (Å²) in [6.45, 7) is 7.77. The summed E-state index contributed by atoms with van der Waals surface area (Å²) in [4.78, 5) is 3.58. The number of methoxy groups -OCH3 is 1. The van der Waals surface area contributed by atoms with Gasteiger partial charge in [0.15, 0.2) is 6.67 Å². The molecule has 1 aliphatic heterocycles. The van der Waals surface area contributed by atoms with Gasteiger partial charge >= 0.3 is 0 Å². The zero-order chi connectivity index (χ0) is 18.5. The van der Waals surface area contributed by atoms with Crippen molar-refractivity contribution in [3.8, 4) is 5.75 Å². The van der Waals surface area contributed by atoms with Crippen molar-refractivity contribution < 1.29 is 14.4 Å². The average Bonchev–Trinajstić information content (AvgIpc) is 2.98. The molecule has 1 aromatic carbocycles. The molecule has 1 saturated heterocycles. The lowest BCUT2D eigenvalue weighted by Crippen LogP contribution is -3.07. The molecule has 1 N–H and O–H groups in total. The second-order valence-corrected chi connectivity index (χ2v) is 6.93. The SMILES string of the molecule is CCn1c(N2CCOCC2)nn(C[NH+](C)Cc2ccc(OC)cc2)c1=S. The van der Waals surface area contributed by atoms with Gasteiger partial charge in [0, 0.05) is 25.2 Å². The summed E-state index contributed by atoms with van der Waals surface area (Å²) in [6, 6.07) is 8.20. The molecule has 7 nitrogen and oxygen atoms in total. The average molecular weight is 379 g/mol. The summed E-state index contributed by atoms with van der Waals surface area (Å²) in [5.74, 6) is 1.84. The molecule has 1 fully saturated rings. The van der Waals surface area contributed by atoms with Crippen molar-refractivity contribution in [2.45, 2.75) is 26.7 Å². The van der Waals surface area contributed by atoms with Crippen LogP contribution < -0.4 is 14.5 Å². The molecule has 2 aromatic rings. The molecule has 1 unspecified atom stereocenters. The van der Waals surface area contributed by atoms with Crippen LogP contribution in [0.4, 0.5) is 5.95 Å². The predicted molar refractivity (Wildman–Crippen MR) is 103 cm³/mol. The summed E-state index contributed by atoms with van der Waals surface area (Å²) >= 11 is 5.67. The Hall–Kier alpha value is -1.90. The van der Waals surface area contributed by atoms with E-state index in [2.05, 4.69) is 35.6 Å². The maximum Gasteiger partial charge on any atom is 0.226 e. The number of anilines is 1. The van der Waals surface area contributed by atoms with Crippen LogP contribution in [0.2, 0.25) is 0 Å². The number of quaternary nitrogens is 1. The van der Waals surface area contributed by atoms with Crippen LogP contribution in [0.1, 0.15) is 12.5 Å². The first kappa shape index (κ1) is 18.9. The van der Waals surface area contributed by atoms with Gasteiger partial charge in [0.2, 0.25) is 10.7 Å². The Morgan fingerprint density at radius 3 is 2.54 bits per heavy atom. The molecule has 0 amide bonds. The van der Waals surface area contributed by atoms with Crippen LogP contribution in [0, 0.1) is 4.77 Å². The fourth-order valence-electron chi connectivity index (χ4n) is 3.21. The van der Waals surface area contributed by atoms with Gasteiger partial charge in [-0.25, -0.2) is 0 Å². The minimum atomic E-state index is 0.731. The Morgan fingerprint density at radius 2 is 1.92 bits per heavy atom. The topological polar surface area (TPSA) is 48.9 Å². The molecule has 0 aliphatic carbocycles. The van der Waals surface area contributed by atoms with Gasteiger partial charge < -0.3 is 19.3 Å². The normalized spacial score (nSPS) is 15.9. The molecule has 1 atom stereocenters. The Balaban J connectivity index is 1.71. The Bertz CT molecular complexity index is 765. The van der Waals surface area contributed by atoms with Crippen LogP contribution in [0.25, 0.3) is 0 Å². The third kappa shape index (κ3) is 4.25. The number of rotatable bonds is 7. The molecular formula is C18H28N5O2S+. The van der Waals surface area contributed by atoms with Crippen LogP contribution >= 0.6 is 12.2 Å². The van der Waals surface area contributed by atoms with E-state index in [4.69, 9.17) is 26.8 Å². The third-order valence-electron chi connectivity index (χ3n) is 4.60. The van der Waals surface area contributed by atoms with Crippen molar-refractivity contribution in [1.82, 2.24) is 14.3 Å². The molecule has 142 valence electrons. The van der Waals surface area contributed by atoms with Gasteiger partial charge in [0.25, 0.3) is 0 Å². The zero-order valence-corrected chi connectivity index (χ0v) is 16.6. The highest BCUT2D eigenvalue weighted by molar-refractivity contribution is 7.71. The molecule has 3 rings (SSSR count). The van der Waals surface area contributed by atoms with Crippen LogP contribution in [-0.2, 0) is 24.5 Å². The number of nitrogens with zero attached hydrogens (tertiary/aromatic N) is 4. The number of nitrogens with one attached hydrogen (secondary N) is 1. The molecule has 0 saturated carbocycles. The maximum atomic E-state index is 5.67. The van der Waals surface area contributed by atoms with E-state index >= 15 is 0 Å². The maximum absolute atomic E-state index is 5.67. The highest BCUT2D eigenvalue weighted by atomic mass is 32.1. The van der Waals surface area contributed by atoms with Crippen LogP contribution in [0.5, 0.6) is 5.75 Å². The number of morpholine rings is 1. The lowest BCUT2D eigenvalue weighted by Gasteiger charge is -2.27.